The Morgan fingerprint density at radius 1 is 1.38 bits per heavy atom. The minimum atomic E-state index is -0.0725. The van der Waals surface area contributed by atoms with Crippen LogP contribution < -0.4 is 10.3 Å². The molecule has 29 heavy (non-hydrogen) atoms. The Morgan fingerprint density at radius 3 is 2.93 bits per heavy atom. The van der Waals surface area contributed by atoms with E-state index in [2.05, 4.69) is 11.8 Å². The number of hydrogen-bond donors (Lipinski definition) is 0. The number of methoxy groups -OCH3 is 1. The number of benzene rings is 1. The molecule has 4 rings (SSSR count). The van der Waals surface area contributed by atoms with Crippen LogP contribution in [0.15, 0.2) is 34.2 Å². The molecule has 0 radical (unpaired) electrons. The Morgan fingerprint density at radius 2 is 2.21 bits per heavy atom. The zero-order chi connectivity index (χ0) is 20.5. The minimum absolute atomic E-state index is 0.0469. The number of carbonyl (C=O) groups is 1. The van der Waals surface area contributed by atoms with Crippen LogP contribution in [-0.4, -0.2) is 46.2 Å². The van der Waals surface area contributed by atoms with Gasteiger partial charge in [0.1, 0.15) is 16.4 Å². The van der Waals surface area contributed by atoms with Gasteiger partial charge in [-0.05, 0) is 37.6 Å². The summed E-state index contributed by atoms with van der Waals surface area (Å²) in [5.74, 6) is 0.991. The van der Waals surface area contributed by atoms with Crippen LogP contribution in [0.25, 0.3) is 15.9 Å². The molecule has 8 heteroatoms. The number of fused-ring (bicyclic) bond motifs is 3. The molecule has 0 spiro atoms. The van der Waals surface area contributed by atoms with Crippen molar-refractivity contribution >= 4 is 39.1 Å². The van der Waals surface area contributed by atoms with E-state index in [4.69, 9.17) is 9.72 Å². The highest BCUT2D eigenvalue weighted by atomic mass is 32.2. The molecular weight excluding hydrogens is 406 g/mol. The zero-order valence-electron chi connectivity index (χ0n) is 16.7. The van der Waals surface area contributed by atoms with Gasteiger partial charge in [0.05, 0.1) is 23.9 Å². The van der Waals surface area contributed by atoms with Crippen molar-refractivity contribution in [3.63, 3.8) is 0 Å². The molecule has 1 aliphatic heterocycles. The molecule has 0 fully saturated rings. The third-order valence-corrected chi connectivity index (χ3v) is 7.28. The van der Waals surface area contributed by atoms with Crippen molar-refractivity contribution in [2.24, 2.45) is 0 Å². The summed E-state index contributed by atoms with van der Waals surface area (Å²) in [6.45, 7) is 6.51. The predicted octanol–water partition coefficient (Wildman–Crippen LogP) is 3.51. The van der Waals surface area contributed by atoms with Crippen molar-refractivity contribution in [1.29, 1.82) is 0 Å². The van der Waals surface area contributed by atoms with Gasteiger partial charge < -0.3 is 4.74 Å². The van der Waals surface area contributed by atoms with Crippen molar-refractivity contribution in [2.45, 2.75) is 32.0 Å². The van der Waals surface area contributed by atoms with E-state index in [9.17, 15) is 9.59 Å². The first-order chi connectivity index (χ1) is 14.0. The molecule has 0 N–H and O–H groups in total. The first kappa shape index (κ1) is 20.1. The van der Waals surface area contributed by atoms with E-state index >= 15 is 0 Å². The number of hydrogen-bond acceptors (Lipinski definition) is 7. The molecule has 2 aromatic heterocycles. The number of nitrogens with zero attached hydrogens (tertiary/aromatic N) is 3. The topological polar surface area (TPSA) is 64.4 Å². The van der Waals surface area contributed by atoms with E-state index < -0.39 is 0 Å². The van der Waals surface area contributed by atoms with Gasteiger partial charge in [-0.15, -0.1) is 11.3 Å². The molecule has 0 saturated heterocycles. The molecule has 0 unspecified atom stereocenters. The molecule has 0 saturated carbocycles. The Balaban J connectivity index is 1.93. The van der Waals surface area contributed by atoms with Crippen molar-refractivity contribution in [2.75, 3.05) is 26.0 Å². The summed E-state index contributed by atoms with van der Waals surface area (Å²) in [7, 11) is 1.60. The smallest absolute Gasteiger partial charge is 0.267 e. The highest BCUT2D eigenvalue weighted by molar-refractivity contribution is 7.99. The van der Waals surface area contributed by atoms with E-state index in [0.717, 1.165) is 41.8 Å². The second kappa shape index (κ2) is 8.30. The number of carbonyl (C=O) groups excluding carboxylic acids is 1. The summed E-state index contributed by atoms with van der Waals surface area (Å²) in [5.41, 5.74) is 1.75. The summed E-state index contributed by atoms with van der Waals surface area (Å²) in [6.07, 6.45) is 0.859. The lowest BCUT2D eigenvalue weighted by Crippen LogP contribution is -2.30. The van der Waals surface area contributed by atoms with Gasteiger partial charge in [0.25, 0.3) is 5.56 Å². The molecule has 3 aromatic rings. The average Bonchev–Trinajstić information content (AvgIpc) is 3.09. The largest absolute Gasteiger partial charge is 0.497 e. The Hall–Kier alpha value is -2.16. The number of Topliss-reactive ketones (excluding diaryl/α,β-unsaturated/α-hetero) is 1. The van der Waals surface area contributed by atoms with E-state index in [1.807, 2.05) is 24.3 Å². The molecule has 1 aliphatic rings. The predicted molar refractivity (Wildman–Crippen MR) is 118 cm³/mol. The number of likely N-dealkylation sites (N-methyl/N-ethyl adjacent to an activating group) is 1. The fourth-order valence-corrected chi connectivity index (χ4v) is 5.70. The summed E-state index contributed by atoms with van der Waals surface area (Å²) >= 11 is 2.91. The van der Waals surface area contributed by atoms with Crippen LogP contribution >= 0.6 is 23.1 Å². The van der Waals surface area contributed by atoms with Crippen molar-refractivity contribution in [3.05, 3.63) is 45.1 Å². The summed E-state index contributed by atoms with van der Waals surface area (Å²) < 4.78 is 6.96. The lowest BCUT2D eigenvalue weighted by molar-refractivity contribution is -0.114. The van der Waals surface area contributed by atoms with E-state index in [1.54, 1.807) is 29.9 Å². The molecule has 6 nitrogen and oxygen atoms in total. The molecule has 0 atom stereocenters. The lowest BCUT2D eigenvalue weighted by atomic mass is 10.1. The Kier molecular flexibility index (Phi) is 5.76. The molecule has 3 heterocycles. The first-order valence-corrected chi connectivity index (χ1v) is 11.4. The first-order valence-electron chi connectivity index (χ1n) is 9.58. The number of ether oxygens (including phenoxy) is 1. The van der Waals surface area contributed by atoms with Gasteiger partial charge in [0.2, 0.25) is 0 Å². The third kappa shape index (κ3) is 3.84. The number of thioether (sulfide) groups is 1. The van der Waals surface area contributed by atoms with Crippen molar-refractivity contribution < 1.29 is 9.53 Å². The van der Waals surface area contributed by atoms with Crippen LogP contribution in [-0.2, 0) is 17.8 Å². The second-order valence-corrected chi connectivity index (χ2v) is 9.06. The van der Waals surface area contributed by atoms with Crippen molar-refractivity contribution in [1.82, 2.24) is 14.5 Å². The highest BCUT2D eigenvalue weighted by Crippen LogP contribution is 2.34. The van der Waals surface area contributed by atoms with Gasteiger partial charge in [-0.25, -0.2) is 4.98 Å². The van der Waals surface area contributed by atoms with Crippen LogP contribution in [0.4, 0.5) is 0 Å². The number of aromatic nitrogens is 2. The van der Waals surface area contributed by atoms with Gasteiger partial charge in [0.15, 0.2) is 5.16 Å². The monoisotopic (exact) mass is 429 g/mol. The molecule has 0 aliphatic carbocycles. The lowest BCUT2D eigenvalue weighted by Gasteiger charge is -2.25. The summed E-state index contributed by atoms with van der Waals surface area (Å²) in [6, 6.07) is 7.39. The van der Waals surface area contributed by atoms with Gasteiger partial charge in [-0.3, -0.25) is 19.1 Å². The minimum Gasteiger partial charge on any atom is -0.497 e. The number of ketones is 1. The standard InChI is InChI=1S/C21H23N3O3S2/c1-4-23-9-8-16-17(11-23)29-19-18(16)20(26)24(21(22-19)28-12-13(2)25)14-6-5-7-15(10-14)27-3/h5-7,10H,4,8-9,11-12H2,1-3H3. The van der Waals surface area contributed by atoms with Gasteiger partial charge in [-0.2, -0.15) is 0 Å². The Bertz CT molecular complexity index is 1140. The van der Waals surface area contributed by atoms with E-state index in [-0.39, 0.29) is 17.1 Å². The third-order valence-electron chi connectivity index (χ3n) is 5.09. The maximum absolute atomic E-state index is 13.7. The quantitative estimate of drug-likeness (QED) is 0.441. The number of thiophene rings is 1. The second-order valence-electron chi connectivity index (χ2n) is 7.03. The van der Waals surface area contributed by atoms with Crippen LogP contribution in [0.2, 0.25) is 0 Å². The molecule has 0 bridgehead atoms. The highest BCUT2D eigenvalue weighted by Gasteiger charge is 2.25. The van der Waals surface area contributed by atoms with Crippen LogP contribution in [0.5, 0.6) is 5.75 Å². The SMILES string of the molecule is CCN1CCc2c(sc3nc(SCC(C)=O)n(-c4cccc(OC)c4)c(=O)c23)C1. The van der Waals surface area contributed by atoms with E-state index in [1.165, 1.54) is 16.6 Å². The molecule has 0 amide bonds. The van der Waals surface area contributed by atoms with Gasteiger partial charge in [0, 0.05) is 24.0 Å². The maximum atomic E-state index is 13.7. The normalized spacial score (nSPS) is 14.2. The summed E-state index contributed by atoms with van der Waals surface area (Å²) in [5, 5.41) is 1.26. The fourth-order valence-electron chi connectivity index (χ4n) is 3.59. The van der Waals surface area contributed by atoms with Gasteiger partial charge >= 0.3 is 0 Å². The van der Waals surface area contributed by atoms with Crippen LogP contribution in [0.3, 0.4) is 0 Å². The van der Waals surface area contributed by atoms with Crippen molar-refractivity contribution in [3.8, 4) is 11.4 Å². The zero-order valence-corrected chi connectivity index (χ0v) is 18.4. The molecular formula is C21H23N3O3S2. The van der Waals surface area contributed by atoms with Crippen LogP contribution in [0.1, 0.15) is 24.3 Å². The number of rotatable bonds is 6. The average molecular weight is 430 g/mol. The maximum Gasteiger partial charge on any atom is 0.267 e. The summed E-state index contributed by atoms with van der Waals surface area (Å²) in [4.78, 5) is 34.4. The molecule has 152 valence electrons. The molecule has 1 aromatic carbocycles. The fraction of sp³-hybridized carbons (Fsp3) is 0.381. The van der Waals surface area contributed by atoms with Crippen LogP contribution in [0, 0.1) is 0 Å². The van der Waals surface area contributed by atoms with Gasteiger partial charge in [-0.1, -0.05) is 24.8 Å². The van der Waals surface area contributed by atoms with E-state index in [0.29, 0.717) is 16.6 Å². The Labute approximate surface area is 177 Å².